The van der Waals surface area contributed by atoms with Crippen molar-refractivity contribution in [1.82, 2.24) is 0 Å². The zero-order chi connectivity index (χ0) is 5.98. The van der Waals surface area contributed by atoms with E-state index in [4.69, 9.17) is 5.73 Å². The third kappa shape index (κ3) is 1.23. The minimum absolute atomic E-state index is 0.791. The number of hydrogen-bond acceptors (Lipinski definition) is 1. The standard InChI is InChI=1S/C6H6BrN/c7-5-2-1-3-6(8)4-5/h1-4H,8H2/i1+1,2+1,3+1,4+1,5+1,6+1. The maximum Gasteiger partial charge on any atom is 0.0325 e. The summed E-state index contributed by atoms with van der Waals surface area (Å²) in [6, 6.07) is 7.56. The van der Waals surface area contributed by atoms with E-state index in [2.05, 4.69) is 15.9 Å². The van der Waals surface area contributed by atoms with E-state index in [1.165, 1.54) is 0 Å². The molecule has 0 aliphatic heterocycles. The Bertz CT molecular complexity index is 168. The van der Waals surface area contributed by atoms with E-state index in [9.17, 15) is 0 Å². The van der Waals surface area contributed by atoms with Crippen molar-refractivity contribution < 1.29 is 0 Å². The molecule has 2 heteroatoms. The molecule has 1 nitrogen and oxygen atoms in total. The molecule has 0 aliphatic carbocycles. The van der Waals surface area contributed by atoms with Gasteiger partial charge in [0.25, 0.3) is 0 Å². The molecule has 0 saturated heterocycles. The summed E-state index contributed by atoms with van der Waals surface area (Å²) >= 11 is 3.28. The summed E-state index contributed by atoms with van der Waals surface area (Å²) in [4.78, 5) is 0. The van der Waals surface area contributed by atoms with E-state index in [0.29, 0.717) is 0 Å². The molecule has 2 N–H and O–H groups in total. The fourth-order valence-electron chi connectivity index (χ4n) is 0.507. The number of halogens is 1. The summed E-state index contributed by atoms with van der Waals surface area (Å²) in [5, 5.41) is 0. The topological polar surface area (TPSA) is 26.0 Å². The molecule has 42 valence electrons. The van der Waals surface area contributed by atoms with Crippen molar-refractivity contribution in [1.29, 1.82) is 0 Å². The molecule has 0 atom stereocenters. The van der Waals surface area contributed by atoms with Gasteiger partial charge in [0.1, 0.15) is 0 Å². The van der Waals surface area contributed by atoms with E-state index < -0.39 is 0 Å². The van der Waals surface area contributed by atoms with Crippen molar-refractivity contribution in [2.45, 2.75) is 0 Å². The van der Waals surface area contributed by atoms with Crippen LogP contribution in [0.1, 0.15) is 0 Å². The summed E-state index contributed by atoms with van der Waals surface area (Å²) in [6.45, 7) is 0. The molecule has 0 amide bonds. The Hall–Kier alpha value is -0.500. The lowest BCUT2D eigenvalue weighted by molar-refractivity contribution is 1.64. The Labute approximate surface area is 56.6 Å². The highest BCUT2D eigenvalue weighted by Crippen LogP contribution is 2.11. The average molecular weight is 178 g/mol. The summed E-state index contributed by atoms with van der Waals surface area (Å²) in [5.41, 5.74) is 6.22. The van der Waals surface area contributed by atoms with Crippen molar-refractivity contribution >= 4 is 21.6 Å². The molecule has 0 unspecified atom stereocenters. The second-order valence-corrected chi connectivity index (χ2v) is 2.47. The summed E-state index contributed by atoms with van der Waals surface area (Å²) in [5.74, 6) is 0. The fraction of sp³-hybridized carbons (Fsp3) is 0. The molecule has 0 aliphatic rings. The Morgan fingerprint density at radius 3 is 2.50 bits per heavy atom. The van der Waals surface area contributed by atoms with Gasteiger partial charge in [-0.1, -0.05) is 22.0 Å². The van der Waals surface area contributed by atoms with Crippen LogP contribution in [0.4, 0.5) is 5.69 Å². The summed E-state index contributed by atoms with van der Waals surface area (Å²) in [6.07, 6.45) is 0. The van der Waals surface area contributed by atoms with Gasteiger partial charge in [0, 0.05) is 10.2 Å². The number of hydrogen-bond donors (Lipinski definition) is 1. The van der Waals surface area contributed by atoms with Gasteiger partial charge in [-0.3, -0.25) is 0 Å². The molecule has 1 rings (SSSR count). The predicted octanol–water partition coefficient (Wildman–Crippen LogP) is 2.03. The first kappa shape index (κ1) is 5.63. The van der Waals surface area contributed by atoms with Crippen molar-refractivity contribution in [2.75, 3.05) is 5.73 Å². The highest BCUT2D eigenvalue weighted by Gasteiger charge is 1.82. The van der Waals surface area contributed by atoms with Crippen LogP contribution in [0, 0.1) is 0 Å². The van der Waals surface area contributed by atoms with E-state index in [0.717, 1.165) is 10.2 Å². The van der Waals surface area contributed by atoms with Crippen LogP contribution >= 0.6 is 15.9 Å². The Kier molecular flexibility index (Phi) is 1.53. The normalized spacial score (nSPS) is 9.12. The number of anilines is 1. The second-order valence-electron chi connectivity index (χ2n) is 1.56. The third-order valence-electron chi connectivity index (χ3n) is 0.849. The summed E-state index contributed by atoms with van der Waals surface area (Å²) in [7, 11) is 0. The lowest BCUT2D eigenvalue weighted by Gasteiger charge is -1.89. The molecule has 0 spiro atoms. The molecule has 1 aromatic rings. The smallest absolute Gasteiger partial charge is 0.0325 e. The van der Waals surface area contributed by atoms with Crippen molar-refractivity contribution in [3.8, 4) is 0 Å². The lowest BCUT2D eigenvalue weighted by atomic mass is 11.3. The number of nitrogen functional groups attached to an aromatic ring is 1. The first-order chi connectivity index (χ1) is 3.79. The largest absolute Gasteiger partial charge is 0.399 e. The third-order valence-corrected chi connectivity index (χ3v) is 1.34. The second kappa shape index (κ2) is 2.18. The van der Waals surface area contributed by atoms with Gasteiger partial charge in [-0.15, -0.1) is 0 Å². The van der Waals surface area contributed by atoms with Gasteiger partial charge in [0.15, 0.2) is 0 Å². The Morgan fingerprint density at radius 2 is 2.12 bits per heavy atom. The van der Waals surface area contributed by atoms with Crippen LogP contribution in [0.3, 0.4) is 0 Å². The molecule has 0 radical (unpaired) electrons. The van der Waals surface area contributed by atoms with Crippen LogP contribution in [-0.2, 0) is 0 Å². The number of benzene rings is 1. The highest BCUT2D eigenvalue weighted by atomic mass is 79.9. The van der Waals surface area contributed by atoms with E-state index in [1.54, 1.807) is 0 Å². The van der Waals surface area contributed by atoms with Crippen molar-refractivity contribution in [2.24, 2.45) is 0 Å². The minimum atomic E-state index is 0.791. The quantitative estimate of drug-likeness (QED) is 0.604. The average Bonchev–Trinajstić information content (AvgIpc) is 1.64. The fourth-order valence-corrected chi connectivity index (χ4v) is 0.924. The van der Waals surface area contributed by atoms with E-state index in [-0.39, 0.29) is 0 Å². The van der Waals surface area contributed by atoms with Gasteiger partial charge < -0.3 is 5.73 Å². The molecule has 1 aromatic carbocycles. The monoisotopic (exact) mass is 177 g/mol. The van der Waals surface area contributed by atoms with Gasteiger partial charge in [-0.25, -0.2) is 0 Å². The first-order valence-corrected chi connectivity index (χ1v) is 3.09. The van der Waals surface area contributed by atoms with Gasteiger partial charge in [0.05, 0.1) is 0 Å². The zero-order valence-electron chi connectivity index (χ0n) is 4.26. The molecule has 0 bridgehead atoms. The van der Waals surface area contributed by atoms with Crippen molar-refractivity contribution in [3.05, 3.63) is 28.7 Å². The van der Waals surface area contributed by atoms with E-state index >= 15 is 0 Å². The van der Waals surface area contributed by atoms with Crippen LogP contribution in [0.15, 0.2) is 28.7 Å². The molecule has 0 heterocycles. The Morgan fingerprint density at radius 1 is 1.38 bits per heavy atom. The molecule has 8 heavy (non-hydrogen) atoms. The van der Waals surface area contributed by atoms with Crippen molar-refractivity contribution in [3.63, 3.8) is 0 Å². The minimum Gasteiger partial charge on any atom is -0.399 e. The van der Waals surface area contributed by atoms with Crippen LogP contribution < -0.4 is 5.73 Å². The van der Waals surface area contributed by atoms with Gasteiger partial charge >= 0.3 is 0 Å². The molecular formula is C6H6BrN. The summed E-state index contributed by atoms with van der Waals surface area (Å²) < 4.78 is 1.03. The van der Waals surface area contributed by atoms with Crippen LogP contribution in [0.5, 0.6) is 0 Å². The number of nitrogens with two attached hydrogens (primary N) is 1. The van der Waals surface area contributed by atoms with Gasteiger partial charge in [-0.2, -0.15) is 0 Å². The van der Waals surface area contributed by atoms with Gasteiger partial charge in [0.2, 0.25) is 0 Å². The van der Waals surface area contributed by atoms with Gasteiger partial charge in [-0.05, 0) is 18.2 Å². The molecular weight excluding hydrogens is 172 g/mol. The van der Waals surface area contributed by atoms with Crippen LogP contribution in [0.25, 0.3) is 0 Å². The van der Waals surface area contributed by atoms with Crippen LogP contribution in [-0.4, -0.2) is 0 Å². The molecule has 0 saturated carbocycles. The number of rotatable bonds is 0. The Balaban J connectivity index is 3.08. The highest BCUT2D eigenvalue weighted by molar-refractivity contribution is 9.10. The maximum atomic E-state index is 5.43. The molecule has 0 fully saturated rings. The SMILES string of the molecule is N[13c]1[13cH][13cH][13cH][13c](Br)[13cH]1. The first-order valence-electron chi connectivity index (χ1n) is 2.30. The van der Waals surface area contributed by atoms with Crippen LogP contribution in [0.2, 0.25) is 0 Å². The maximum absolute atomic E-state index is 5.43. The lowest BCUT2D eigenvalue weighted by Crippen LogP contribution is -1.80. The molecule has 0 aromatic heterocycles. The zero-order valence-corrected chi connectivity index (χ0v) is 5.85. The predicted molar refractivity (Wildman–Crippen MR) is 38.6 cm³/mol. The van der Waals surface area contributed by atoms with E-state index in [1.807, 2.05) is 24.3 Å².